The molecule has 0 unspecified atom stereocenters. The van der Waals surface area contributed by atoms with Crippen molar-refractivity contribution in [3.63, 3.8) is 0 Å². The summed E-state index contributed by atoms with van der Waals surface area (Å²) in [6.45, 7) is 4.38. The van der Waals surface area contributed by atoms with Gasteiger partial charge in [0.05, 0.1) is 11.5 Å². The van der Waals surface area contributed by atoms with Gasteiger partial charge in [0.25, 0.3) is 14.2 Å². The fraction of sp³-hybridized carbons (Fsp3) is 0.297. The van der Waals surface area contributed by atoms with Gasteiger partial charge >= 0.3 is 0 Å². The van der Waals surface area contributed by atoms with Crippen LogP contribution in [-0.2, 0) is 14.6 Å². The monoisotopic (exact) mass is 654 g/mol. The van der Waals surface area contributed by atoms with Crippen LogP contribution < -0.4 is 15.7 Å². The van der Waals surface area contributed by atoms with Gasteiger partial charge in [-0.2, -0.15) is 0 Å². The lowest BCUT2D eigenvalue weighted by Gasteiger charge is -2.41. The Hall–Kier alpha value is -4.05. The summed E-state index contributed by atoms with van der Waals surface area (Å²) in [4.78, 5) is 41.4. The zero-order valence-electron chi connectivity index (χ0n) is 26.4. The average Bonchev–Trinajstić information content (AvgIpc) is 3.08. The highest BCUT2D eigenvalue weighted by Gasteiger charge is 2.49. The second kappa shape index (κ2) is 14.2. The third-order valence-electron chi connectivity index (χ3n) is 9.17. The van der Waals surface area contributed by atoms with Crippen LogP contribution in [0.2, 0.25) is 5.04 Å². The van der Waals surface area contributed by atoms with Crippen molar-refractivity contribution >= 4 is 40.3 Å². The van der Waals surface area contributed by atoms with Crippen molar-refractivity contribution in [3.8, 4) is 11.1 Å². The molecule has 0 aromatic heterocycles. The zero-order valence-corrected chi connectivity index (χ0v) is 28.2. The van der Waals surface area contributed by atoms with Crippen LogP contribution in [0.5, 0.6) is 0 Å². The molecule has 0 bridgehead atoms. The van der Waals surface area contributed by atoms with E-state index in [2.05, 4.69) is 19.2 Å². The fourth-order valence-electron chi connectivity index (χ4n) is 6.33. The van der Waals surface area contributed by atoms with Crippen LogP contribution in [0.4, 0.5) is 0 Å². The Labute approximate surface area is 273 Å². The van der Waals surface area contributed by atoms with Crippen molar-refractivity contribution in [1.82, 2.24) is 10.2 Å². The summed E-state index contributed by atoms with van der Waals surface area (Å²) < 4.78 is 24.1. The molecule has 0 spiro atoms. The number of nitrogens with zero attached hydrogens (tertiary/aromatic N) is 1. The lowest BCUT2D eigenvalue weighted by molar-refractivity contribution is -0.133. The zero-order chi connectivity index (χ0) is 32.8. The molecule has 1 atom stereocenters. The van der Waals surface area contributed by atoms with E-state index in [9.17, 15) is 22.8 Å². The molecule has 46 heavy (non-hydrogen) atoms. The molecule has 1 aliphatic heterocycles. The third-order valence-corrected chi connectivity index (χ3v) is 15.3. The third kappa shape index (κ3) is 7.49. The van der Waals surface area contributed by atoms with E-state index in [0.717, 1.165) is 21.5 Å². The van der Waals surface area contributed by atoms with Crippen molar-refractivity contribution in [2.75, 3.05) is 24.6 Å². The van der Waals surface area contributed by atoms with Gasteiger partial charge in [0.1, 0.15) is 6.04 Å². The Kier molecular flexibility index (Phi) is 10.2. The molecule has 1 heterocycles. The maximum atomic E-state index is 13.8. The minimum Gasteiger partial charge on any atom is -0.424 e. The second-order valence-electron chi connectivity index (χ2n) is 12.7. The smallest absolute Gasteiger partial charge is 0.258 e. The van der Waals surface area contributed by atoms with Crippen LogP contribution in [0.3, 0.4) is 0 Å². The minimum absolute atomic E-state index is 0.0832. The lowest BCUT2D eigenvalue weighted by Crippen LogP contribution is -2.65. The number of benzene rings is 4. The number of carbonyl (C=O) groups excluding carboxylic acids is 2. The largest absolute Gasteiger partial charge is 0.424 e. The summed E-state index contributed by atoms with van der Waals surface area (Å²) in [6.07, 6.45) is 1.53. The number of sulfone groups is 1. The SMILES string of the molecule is CC(C)(CCC[C@H](NC(=O)c1ccc(-c2ccccc2)cc1)C(=O)N1CCS(=O)(=O)CC1)[Si](O)(c1ccccc1)c1ccccc1. The van der Waals surface area contributed by atoms with Crippen LogP contribution in [0.1, 0.15) is 43.5 Å². The Bertz CT molecular complexity index is 1680. The molecule has 4 aromatic rings. The fourth-order valence-corrected chi connectivity index (χ4v) is 11.3. The molecule has 0 saturated carbocycles. The summed E-state index contributed by atoms with van der Waals surface area (Å²) in [5.74, 6) is -0.803. The molecule has 2 N–H and O–H groups in total. The van der Waals surface area contributed by atoms with E-state index < -0.39 is 29.2 Å². The molecule has 0 aliphatic carbocycles. The first-order valence-corrected chi connectivity index (χ1v) is 19.6. The highest BCUT2D eigenvalue weighted by atomic mass is 32.2. The van der Waals surface area contributed by atoms with Gasteiger partial charge in [-0.05, 0) is 51.5 Å². The molecule has 2 amide bonds. The summed E-state index contributed by atoms with van der Waals surface area (Å²) in [5.41, 5.74) is 2.46. The number of hydrogen-bond donors (Lipinski definition) is 2. The molecule has 9 heteroatoms. The van der Waals surface area contributed by atoms with Gasteiger partial charge in [0, 0.05) is 18.7 Å². The van der Waals surface area contributed by atoms with Crippen LogP contribution in [-0.4, -0.2) is 68.9 Å². The summed E-state index contributed by atoms with van der Waals surface area (Å²) >= 11 is 0. The number of amides is 2. The van der Waals surface area contributed by atoms with Gasteiger partial charge in [-0.15, -0.1) is 0 Å². The predicted octanol–water partition coefficient (Wildman–Crippen LogP) is 4.41. The van der Waals surface area contributed by atoms with Crippen molar-refractivity contribution in [3.05, 3.63) is 121 Å². The molecule has 1 fully saturated rings. The van der Waals surface area contributed by atoms with Gasteiger partial charge in [-0.3, -0.25) is 9.59 Å². The summed E-state index contributed by atoms with van der Waals surface area (Å²) in [5, 5.41) is 4.29. The first-order valence-electron chi connectivity index (χ1n) is 15.8. The Balaban J connectivity index is 1.34. The van der Waals surface area contributed by atoms with Crippen LogP contribution in [0, 0.1) is 0 Å². The normalized spacial score (nSPS) is 15.6. The van der Waals surface area contributed by atoms with Gasteiger partial charge < -0.3 is 15.0 Å². The lowest BCUT2D eigenvalue weighted by atomic mass is 10.0. The summed E-state index contributed by atoms with van der Waals surface area (Å²) in [7, 11) is -6.42. The highest BCUT2D eigenvalue weighted by molar-refractivity contribution is 7.91. The Morgan fingerprint density at radius 2 is 1.26 bits per heavy atom. The molecule has 0 radical (unpaired) electrons. The van der Waals surface area contributed by atoms with E-state index in [1.165, 1.54) is 0 Å². The van der Waals surface area contributed by atoms with E-state index in [-0.39, 0.29) is 36.4 Å². The second-order valence-corrected chi connectivity index (χ2v) is 18.9. The van der Waals surface area contributed by atoms with Crippen molar-refractivity contribution < 1.29 is 22.8 Å². The first kappa shape index (κ1) is 33.3. The molecule has 1 aliphatic rings. The topological polar surface area (TPSA) is 104 Å². The Morgan fingerprint density at radius 3 is 1.78 bits per heavy atom. The van der Waals surface area contributed by atoms with Crippen LogP contribution in [0.25, 0.3) is 11.1 Å². The molecule has 240 valence electrons. The number of hydrogen-bond acceptors (Lipinski definition) is 5. The van der Waals surface area contributed by atoms with Crippen LogP contribution >= 0.6 is 0 Å². The van der Waals surface area contributed by atoms with Crippen LogP contribution in [0.15, 0.2) is 115 Å². The molecule has 7 nitrogen and oxygen atoms in total. The van der Waals surface area contributed by atoms with E-state index in [1.807, 2.05) is 103 Å². The predicted molar refractivity (Wildman–Crippen MR) is 186 cm³/mol. The molecule has 1 saturated heterocycles. The molecule has 5 rings (SSSR count). The van der Waals surface area contributed by atoms with Gasteiger partial charge in [-0.25, -0.2) is 8.42 Å². The summed E-state index contributed by atoms with van der Waals surface area (Å²) in [6, 6.07) is 35.9. The van der Waals surface area contributed by atoms with Crippen molar-refractivity contribution in [2.24, 2.45) is 0 Å². The van der Waals surface area contributed by atoms with Gasteiger partial charge in [0.15, 0.2) is 9.84 Å². The Morgan fingerprint density at radius 1 is 0.783 bits per heavy atom. The highest BCUT2D eigenvalue weighted by Crippen LogP contribution is 2.40. The van der Waals surface area contributed by atoms with E-state index >= 15 is 0 Å². The van der Waals surface area contributed by atoms with E-state index in [1.54, 1.807) is 17.0 Å². The number of nitrogens with one attached hydrogen (secondary N) is 1. The molecular formula is C37H42N2O5SSi. The minimum atomic E-state index is -3.24. The van der Waals surface area contributed by atoms with Gasteiger partial charge in [-0.1, -0.05) is 123 Å². The quantitative estimate of drug-likeness (QED) is 0.233. The maximum absolute atomic E-state index is 13.8. The van der Waals surface area contributed by atoms with Crippen molar-refractivity contribution in [2.45, 2.75) is 44.2 Å². The van der Waals surface area contributed by atoms with E-state index in [0.29, 0.717) is 24.8 Å². The standard InChI is InChI=1S/C37H42N2O5SSi/c1-37(2,46(44,32-15-8-4-9-16-32)33-17-10-5-11-18-33)24-12-19-34(36(41)39-25-27-45(42,43)28-26-39)38-35(40)31-22-20-30(21-23-31)29-13-6-3-7-14-29/h3-11,13-18,20-23,34,44H,12,19,24-28H2,1-2H3,(H,38,40)/t34-/m0/s1. The molecule has 4 aromatic carbocycles. The number of rotatable bonds is 11. The van der Waals surface area contributed by atoms with E-state index in [4.69, 9.17) is 0 Å². The van der Waals surface area contributed by atoms with Crippen molar-refractivity contribution in [1.29, 1.82) is 0 Å². The molecular weight excluding hydrogens is 613 g/mol. The van der Waals surface area contributed by atoms with Gasteiger partial charge in [0.2, 0.25) is 5.91 Å². The average molecular weight is 655 g/mol. The first-order chi connectivity index (χ1) is 22.0. The maximum Gasteiger partial charge on any atom is 0.258 e. The number of carbonyl (C=O) groups is 2.